The van der Waals surface area contributed by atoms with Crippen LogP contribution >= 0.6 is 0 Å². The average molecular weight is 325 g/mol. The zero-order valence-corrected chi connectivity index (χ0v) is 13.2. The summed E-state index contributed by atoms with van der Waals surface area (Å²) >= 11 is 0. The van der Waals surface area contributed by atoms with E-state index in [-0.39, 0.29) is 11.3 Å². The Morgan fingerprint density at radius 3 is 2.54 bits per heavy atom. The number of esters is 1. The SMILES string of the molecule is CCCOc1ccc(/C=C/C(=O)Oc2ccc(C#N)c(F)c2)cc1. The molecule has 2 rings (SSSR count). The van der Waals surface area contributed by atoms with Gasteiger partial charge in [0, 0.05) is 12.1 Å². The Hall–Kier alpha value is -3.13. The highest BCUT2D eigenvalue weighted by Crippen LogP contribution is 2.17. The van der Waals surface area contributed by atoms with Gasteiger partial charge in [0.05, 0.1) is 12.2 Å². The summed E-state index contributed by atoms with van der Waals surface area (Å²) in [6.45, 7) is 2.69. The zero-order valence-electron chi connectivity index (χ0n) is 13.2. The normalized spacial score (nSPS) is 10.4. The minimum absolute atomic E-state index is 0.0458. The summed E-state index contributed by atoms with van der Waals surface area (Å²) < 4.78 is 23.9. The number of hydrogen-bond acceptors (Lipinski definition) is 4. The van der Waals surface area contributed by atoms with Gasteiger partial charge in [-0.2, -0.15) is 5.26 Å². The van der Waals surface area contributed by atoms with E-state index in [2.05, 4.69) is 0 Å². The van der Waals surface area contributed by atoms with Crippen molar-refractivity contribution in [3.63, 3.8) is 0 Å². The molecule has 0 unspecified atom stereocenters. The van der Waals surface area contributed by atoms with Crippen molar-refractivity contribution >= 4 is 12.0 Å². The average Bonchev–Trinajstić information content (AvgIpc) is 2.59. The van der Waals surface area contributed by atoms with Crippen molar-refractivity contribution in [2.75, 3.05) is 6.61 Å². The Bertz CT molecular complexity index is 776. The van der Waals surface area contributed by atoms with Crippen LogP contribution in [0.5, 0.6) is 11.5 Å². The number of halogens is 1. The van der Waals surface area contributed by atoms with E-state index in [9.17, 15) is 9.18 Å². The van der Waals surface area contributed by atoms with E-state index in [0.717, 1.165) is 23.8 Å². The summed E-state index contributed by atoms with van der Waals surface area (Å²) in [6, 6.07) is 12.6. The minimum atomic E-state index is -0.727. The van der Waals surface area contributed by atoms with E-state index in [4.69, 9.17) is 14.7 Å². The van der Waals surface area contributed by atoms with Gasteiger partial charge in [-0.25, -0.2) is 9.18 Å². The molecule has 4 nitrogen and oxygen atoms in total. The van der Waals surface area contributed by atoms with Crippen molar-refractivity contribution in [3.8, 4) is 17.6 Å². The third-order valence-corrected chi connectivity index (χ3v) is 3.04. The summed E-state index contributed by atoms with van der Waals surface area (Å²) in [5, 5.41) is 8.65. The van der Waals surface area contributed by atoms with Crippen molar-refractivity contribution < 1.29 is 18.7 Å². The summed E-state index contributed by atoms with van der Waals surface area (Å²) in [5.74, 6) is -0.547. The van der Waals surface area contributed by atoms with Crippen LogP contribution in [0.3, 0.4) is 0 Å². The summed E-state index contributed by atoms with van der Waals surface area (Å²) in [7, 11) is 0. The van der Waals surface area contributed by atoms with Crippen LogP contribution in [-0.2, 0) is 4.79 Å². The van der Waals surface area contributed by atoms with Crippen LogP contribution in [0.1, 0.15) is 24.5 Å². The Morgan fingerprint density at radius 2 is 1.92 bits per heavy atom. The molecule has 0 aliphatic carbocycles. The van der Waals surface area contributed by atoms with Gasteiger partial charge in [0.1, 0.15) is 23.4 Å². The van der Waals surface area contributed by atoms with Crippen LogP contribution in [-0.4, -0.2) is 12.6 Å². The van der Waals surface area contributed by atoms with Gasteiger partial charge in [0.15, 0.2) is 0 Å². The first-order chi connectivity index (χ1) is 11.6. The quantitative estimate of drug-likeness (QED) is 0.456. The smallest absolute Gasteiger partial charge is 0.336 e. The topological polar surface area (TPSA) is 59.3 Å². The molecule has 0 spiro atoms. The van der Waals surface area contributed by atoms with Crippen molar-refractivity contribution in [3.05, 3.63) is 65.5 Å². The van der Waals surface area contributed by atoms with E-state index in [0.29, 0.717) is 6.61 Å². The lowest BCUT2D eigenvalue weighted by Gasteiger charge is -2.04. The van der Waals surface area contributed by atoms with E-state index in [1.807, 2.05) is 31.2 Å². The Kier molecular flexibility index (Phi) is 6.09. The molecule has 0 heterocycles. The number of nitriles is 1. The monoisotopic (exact) mass is 325 g/mol. The molecule has 0 aromatic heterocycles. The molecule has 0 atom stereocenters. The van der Waals surface area contributed by atoms with Gasteiger partial charge < -0.3 is 9.47 Å². The number of carbonyl (C=O) groups is 1. The van der Waals surface area contributed by atoms with E-state index in [1.165, 1.54) is 18.2 Å². The molecule has 0 bridgehead atoms. The van der Waals surface area contributed by atoms with Crippen LogP contribution in [0, 0.1) is 17.1 Å². The van der Waals surface area contributed by atoms with Crippen molar-refractivity contribution in [1.29, 1.82) is 5.26 Å². The van der Waals surface area contributed by atoms with Crippen LogP contribution in [0.25, 0.3) is 6.08 Å². The zero-order chi connectivity index (χ0) is 17.4. The molecular formula is C19H16FNO3. The molecule has 0 radical (unpaired) electrons. The molecule has 0 aliphatic rings. The van der Waals surface area contributed by atoms with E-state index in [1.54, 1.807) is 12.1 Å². The lowest BCUT2D eigenvalue weighted by atomic mass is 10.2. The Morgan fingerprint density at radius 1 is 1.21 bits per heavy atom. The fraction of sp³-hybridized carbons (Fsp3) is 0.158. The molecule has 5 heteroatoms. The molecule has 0 aliphatic heterocycles. The minimum Gasteiger partial charge on any atom is -0.494 e. The van der Waals surface area contributed by atoms with Gasteiger partial charge in [-0.3, -0.25) is 0 Å². The van der Waals surface area contributed by atoms with Gasteiger partial charge in [0.2, 0.25) is 0 Å². The molecule has 24 heavy (non-hydrogen) atoms. The predicted octanol–water partition coefficient (Wildman–Crippen LogP) is 4.10. The second kappa shape index (κ2) is 8.49. The maximum atomic E-state index is 13.4. The number of hydrogen-bond donors (Lipinski definition) is 0. The second-order valence-electron chi connectivity index (χ2n) is 4.93. The fourth-order valence-electron chi connectivity index (χ4n) is 1.86. The van der Waals surface area contributed by atoms with E-state index < -0.39 is 11.8 Å². The third-order valence-electron chi connectivity index (χ3n) is 3.04. The van der Waals surface area contributed by atoms with Gasteiger partial charge in [-0.15, -0.1) is 0 Å². The molecule has 0 saturated carbocycles. The fourth-order valence-corrected chi connectivity index (χ4v) is 1.86. The maximum Gasteiger partial charge on any atom is 0.336 e. The lowest BCUT2D eigenvalue weighted by Crippen LogP contribution is -2.04. The largest absolute Gasteiger partial charge is 0.494 e. The molecule has 0 amide bonds. The first kappa shape index (κ1) is 17.2. The number of carbonyl (C=O) groups excluding carboxylic acids is 1. The van der Waals surface area contributed by atoms with Gasteiger partial charge in [-0.1, -0.05) is 19.1 Å². The number of benzene rings is 2. The lowest BCUT2D eigenvalue weighted by molar-refractivity contribution is -0.128. The van der Waals surface area contributed by atoms with Crippen LogP contribution in [0.15, 0.2) is 48.5 Å². The van der Waals surface area contributed by atoms with Crippen LogP contribution < -0.4 is 9.47 Å². The number of nitrogens with zero attached hydrogens (tertiary/aromatic N) is 1. The highest BCUT2D eigenvalue weighted by atomic mass is 19.1. The summed E-state index contributed by atoms with van der Waals surface area (Å²) in [4.78, 5) is 11.7. The number of ether oxygens (including phenoxy) is 2. The summed E-state index contributed by atoms with van der Waals surface area (Å²) in [5.41, 5.74) is 0.706. The van der Waals surface area contributed by atoms with Gasteiger partial charge >= 0.3 is 5.97 Å². The van der Waals surface area contributed by atoms with Crippen molar-refractivity contribution in [2.45, 2.75) is 13.3 Å². The molecule has 0 saturated heterocycles. The molecule has 122 valence electrons. The van der Waals surface area contributed by atoms with Crippen molar-refractivity contribution in [1.82, 2.24) is 0 Å². The molecule has 2 aromatic carbocycles. The predicted molar refractivity (Wildman–Crippen MR) is 88.0 cm³/mol. The Labute approximate surface area is 139 Å². The van der Waals surface area contributed by atoms with Crippen molar-refractivity contribution in [2.24, 2.45) is 0 Å². The third kappa shape index (κ3) is 4.96. The molecule has 0 N–H and O–H groups in total. The Balaban J connectivity index is 1.95. The van der Waals surface area contributed by atoms with Crippen LogP contribution in [0.2, 0.25) is 0 Å². The maximum absolute atomic E-state index is 13.4. The first-order valence-corrected chi connectivity index (χ1v) is 7.44. The molecular weight excluding hydrogens is 309 g/mol. The van der Waals surface area contributed by atoms with Gasteiger partial charge in [0.25, 0.3) is 0 Å². The second-order valence-corrected chi connectivity index (χ2v) is 4.93. The highest BCUT2D eigenvalue weighted by molar-refractivity contribution is 5.88. The molecule has 2 aromatic rings. The summed E-state index contributed by atoms with van der Waals surface area (Å²) in [6.07, 6.45) is 3.77. The highest BCUT2D eigenvalue weighted by Gasteiger charge is 2.06. The standard InChI is InChI=1S/C19H16FNO3/c1-2-11-23-16-7-3-14(4-8-16)5-10-19(22)24-17-9-6-15(13-21)18(20)12-17/h3-10,12H,2,11H2,1H3/b10-5+. The van der Waals surface area contributed by atoms with Gasteiger partial charge in [-0.05, 0) is 42.3 Å². The van der Waals surface area contributed by atoms with Crippen LogP contribution in [0.4, 0.5) is 4.39 Å². The molecule has 0 fully saturated rings. The first-order valence-electron chi connectivity index (χ1n) is 7.44. The number of rotatable bonds is 6. The van der Waals surface area contributed by atoms with E-state index >= 15 is 0 Å².